The summed E-state index contributed by atoms with van der Waals surface area (Å²) in [6, 6.07) is 9.14. The largest absolute Gasteiger partial charge is 0.481 e. The molecule has 0 bridgehead atoms. The van der Waals surface area contributed by atoms with Crippen molar-refractivity contribution in [1.82, 2.24) is 5.32 Å². The predicted octanol–water partition coefficient (Wildman–Crippen LogP) is 2.88. The van der Waals surface area contributed by atoms with Gasteiger partial charge in [-0.15, -0.1) is 0 Å². The van der Waals surface area contributed by atoms with Crippen molar-refractivity contribution in [2.24, 2.45) is 0 Å². The summed E-state index contributed by atoms with van der Waals surface area (Å²) in [4.78, 5) is 22.9. The van der Waals surface area contributed by atoms with Crippen molar-refractivity contribution in [3.8, 4) is 0 Å². The number of amides is 1. The molecular formula is C14H12ClNO4. The second-order valence-corrected chi connectivity index (χ2v) is 4.53. The van der Waals surface area contributed by atoms with Crippen molar-refractivity contribution < 1.29 is 19.1 Å². The number of carboxylic acid groups (broad SMARTS) is 1. The summed E-state index contributed by atoms with van der Waals surface area (Å²) in [5, 5.41) is 12.0. The van der Waals surface area contributed by atoms with Gasteiger partial charge in [0.15, 0.2) is 5.76 Å². The predicted molar refractivity (Wildman–Crippen MR) is 72.6 cm³/mol. The molecule has 2 rings (SSSR count). The van der Waals surface area contributed by atoms with Crippen LogP contribution < -0.4 is 5.32 Å². The zero-order valence-corrected chi connectivity index (χ0v) is 11.1. The van der Waals surface area contributed by atoms with Gasteiger partial charge in [0.25, 0.3) is 5.91 Å². The molecule has 0 saturated heterocycles. The maximum absolute atomic E-state index is 11.9. The molecule has 1 heterocycles. The molecule has 0 aliphatic heterocycles. The van der Waals surface area contributed by atoms with E-state index in [-0.39, 0.29) is 12.2 Å². The Balaban J connectivity index is 2.22. The van der Waals surface area contributed by atoms with Gasteiger partial charge in [-0.3, -0.25) is 9.59 Å². The number of halogens is 1. The first-order valence-corrected chi connectivity index (χ1v) is 6.26. The lowest BCUT2D eigenvalue weighted by atomic mass is 10.0. The highest BCUT2D eigenvalue weighted by Gasteiger charge is 2.21. The summed E-state index contributed by atoms with van der Waals surface area (Å²) in [5.74, 6) is -1.40. The molecule has 0 fully saturated rings. The average molecular weight is 294 g/mol. The Morgan fingerprint density at radius 3 is 2.60 bits per heavy atom. The first-order chi connectivity index (χ1) is 9.58. The molecule has 20 heavy (non-hydrogen) atoms. The highest BCUT2D eigenvalue weighted by molar-refractivity contribution is 6.31. The van der Waals surface area contributed by atoms with Gasteiger partial charge in [-0.2, -0.15) is 0 Å². The van der Waals surface area contributed by atoms with Gasteiger partial charge in [-0.25, -0.2) is 0 Å². The Kier molecular flexibility index (Phi) is 4.42. The van der Waals surface area contributed by atoms with Crippen LogP contribution in [-0.2, 0) is 4.79 Å². The van der Waals surface area contributed by atoms with E-state index in [1.807, 2.05) is 0 Å². The van der Waals surface area contributed by atoms with Crippen LogP contribution in [0.3, 0.4) is 0 Å². The summed E-state index contributed by atoms with van der Waals surface area (Å²) in [7, 11) is 0. The van der Waals surface area contributed by atoms with Crippen molar-refractivity contribution in [3.63, 3.8) is 0 Å². The molecule has 6 heteroatoms. The number of furan rings is 1. The van der Waals surface area contributed by atoms with Crippen LogP contribution in [0.15, 0.2) is 47.1 Å². The van der Waals surface area contributed by atoms with Crippen LogP contribution in [0.1, 0.15) is 28.6 Å². The van der Waals surface area contributed by atoms with E-state index in [0.29, 0.717) is 10.6 Å². The number of carbonyl (C=O) groups is 2. The summed E-state index contributed by atoms with van der Waals surface area (Å²) in [6.07, 6.45) is 1.10. The van der Waals surface area contributed by atoms with Gasteiger partial charge in [0.05, 0.1) is 18.7 Å². The Morgan fingerprint density at radius 2 is 2.00 bits per heavy atom. The van der Waals surface area contributed by atoms with Crippen LogP contribution in [0.2, 0.25) is 5.02 Å². The summed E-state index contributed by atoms with van der Waals surface area (Å²) in [6.45, 7) is 0. The van der Waals surface area contributed by atoms with Gasteiger partial charge >= 0.3 is 5.97 Å². The minimum atomic E-state index is -1.03. The second kappa shape index (κ2) is 6.25. The number of carbonyl (C=O) groups excluding carboxylic acids is 1. The van der Waals surface area contributed by atoms with E-state index < -0.39 is 17.9 Å². The molecule has 5 nitrogen and oxygen atoms in total. The van der Waals surface area contributed by atoms with Gasteiger partial charge in [0.2, 0.25) is 0 Å². The molecular weight excluding hydrogens is 282 g/mol. The molecule has 0 saturated carbocycles. The maximum atomic E-state index is 11.9. The van der Waals surface area contributed by atoms with Crippen molar-refractivity contribution in [3.05, 3.63) is 59.0 Å². The van der Waals surface area contributed by atoms with Crippen molar-refractivity contribution in [1.29, 1.82) is 0 Å². The van der Waals surface area contributed by atoms with Crippen molar-refractivity contribution in [2.45, 2.75) is 12.5 Å². The number of carboxylic acids is 1. The van der Waals surface area contributed by atoms with Crippen molar-refractivity contribution >= 4 is 23.5 Å². The molecule has 0 unspecified atom stereocenters. The zero-order valence-electron chi connectivity index (χ0n) is 10.4. The molecule has 1 aromatic heterocycles. The van der Waals surface area contributed by atoms with E-state index >= 15 is 0 Å². The minimum Gasteiger partial charge on any atom is -0.481 e. The molecule has 104 valence electrons. The number of nitrogens with one attached hydrogen (secondary N) is 1. The summed E-state index contributed by atoms with van der Waals surface area (Å²) in [5.41, 5.74) is 0.552. The SMILES string of the molecule is O=C(O)C[C@H](NC(=O)c1ccco1)c1ccccc1Cl. The van der Waals surface area contributed by atoms with Crippen molar-refractivity contribution in [2.75, 3.05) is 0 Å². The van der Waals surface area contributed by atoms with Gasteiger partial charge in [0, 0.05) is 5.02 Å². The normalized spacial score (nSPS) is 11.8. The third-order valence-electron chi connectivity index (χ3n) is 2.71. The minimum absolute atomic E-state index is 0.118. The van der Waals surface area contributed by atoms with E-state index in [4.69, 9.17) is 21.1 Å². The maximum Gasteiger partial charge on any atom is 0.305 e. The smallest absolute Gasteiger partial charge is 0.305 e. The molecule has 2 aromatic rings. The zero-order chi connectivity index (χ0) is 14.5. The summed E-state index contributed by atoms with van der Waals surface area (Å²) < 4.78 is 4.97. The van der Waals surface area contributed by atoms with E-state index in [2.05, 4.69) is 5.32 Å². The molecule has 0 spiro atoms. The number of rotatable bonds is 5. The Labute approximate surface area is 120 Å². The molecule has 1 amide bonds. The molecule has 2 N–H and O–H groups in total. The first-order valence-electron chi connectivity index (χ1n) is 5.88. The fourth-order valence-electron chi connectivity index (χ4n) is 1.81. The van der Waals surface area contributed by atoms with Crippen LogP contribution in [-0.4, -0.2) is 17.0 Å². The van der Waals surface area contributed by atoms with Crippen LogP contribution in [0.4, 0.5) is 0 Å². The first kappa shape index (κ1) is 14.1. The number of hydrogen-bond acceptors (Lipinski definition) is 3. The highest BCUT2D eigenvalue weighted by atomic mass is 35.5. The van der Waals surface area contributed by atoms with E-state index in [9.17, 15) is 9.59 Å². The third-order valence-corrected chi connectivity index (χ3v) is 3.05. The number of aliphatic carboxylic acids is 1. The standard InChI is InChI=1S/C14H12ClNO4/c15-10-5-2-1-4-9(10)11(8-13(17)18)16-14(19)12-6-3-7-20-12/h1-7,11H,8H2,(H,16,19)(H,17,18)/t11-/m0/s1. The highest BCUT2D eigenvalue weighted by Crippen LogP contribution is 2.25. The Morgan fingerprint density at radius 1 is 1.25 bits per heavy atom. The van der Waals surface area contributed by atoms with Crippen LogP contribution in [0, 0.1) is 0 Å². The summed E-state index contributed by atoms with van der Waals surface area (Å²) >= 11 is 6.04. The van der Waals surface area contributed by atoms with Gasteiger partial charge in [-0.05, 0) is 23.8 Å². The lowest BCUT2D eigenvalue weighted by Crippen LogP contribution is -2.30. The molecule has 1 atom stereocenters. The Bertz CT molecular complexity index is 609. The number of hydrogen-bond donors (Lipinski definition) is 2. The third kappa shape index (κ3) is 3.39. The van der Waals surface area contributed by atoms with E-state index in [1.165, 1.54) is 12.3 Å². The topological polar surface area (TPSA) is 79.5 Å². The van der Waals surface area contributed by atoms with Gasteiger partial charge in [0.1, 0.15) is 0 Å². The van der Waals surface area contributed by atoms with Crippen LogP contribution >= 0.6 is 11.6 Å². The fourth-order valence-corrected chi connectivity index (χ4v) is 2.08. The number of benzene rings is 1. The van der Waals surface area contributed by atoms with Crippen LogP contribution in [0.5, 0.6) is 0 Å². The Hall–Kier alpha value is -2.27. The van der Waals surface area contributed by atoms with Gasteiger partial charge < -0.3 is 14.8 Å². The monoisotopic (exact) mass is 293 g/mol. The molecule has 1 aromatic carbocycles. The second-order valence-electron chi connectivity index (χ2n) is 4.12. The average Bonchev–Trinajstić information content (AvgIpc) is 2.92. The lowest BCUT2D eigenvalue weighted by Gasteiger charge is -2.17. The quantitative estimate of drug-likeness (QED) is 0.888. The molecule has 0 radical (unpaired) electrons. The fraction of sp³-hybridized carbons (Fsp3) is 0.143. The van der Waals surface area contributed by atoms with E-state index in [1.54, 1.807) is 30.3 Å². The molecule has 0 aliphatic carbocycles. The van der Waals surface area contributed by atoms with Crippen LogP contribution in [0.25, 0.3) is 0 Å². The van der Waals surface area contributed by atoms with Gasteiger partial charge in [-0.1, -0.05) is 29.8 Å². The lowest BCUT2D eigenvalue weighted by molar-refractivity contribution is -0.137. The van der Waals surface area contributed by atoms with E-state index in [0.717, 1.165) is 0 Å². The molecule has 0 aliphatic rings.